The third kappa shape index (κ3) is 2.62. The van der Waals surface area contributed by atoms with Crippen molar-refractivity contribution in [2.75, 3.05) is 13.6 Å². The molecule has 120 valence electrons. The number of carbonyl (C=O) groups excluding carboxylic acids is 1. The number of hydrogen-bond acceptors (Lipinski definition) is 2. The second-order valence-corrected chi connectivity index (χ2v) is 9.88. The minimum absolute atomic E-state index is 0.150. The SMILES string of the molecule is CN(CC(C)(C)O)C(=O)C12CC3CC(C)(CC(C)(C3)C1)C2. The van der Waals surface area contributed by atoms with Crippen LogP contribution in [0.25, 0.3) is 0 Å². The summed E-state index contributed by atoms with van der Waals surface area (Å²) in [5.74, 6) is 1.02. The molecule has 3 heteroatoms. The molecule has 4 fully saturated rings. The first-order valence-corrected chi connectivity index (χ1v) is 8.43. The van der Waals surface area contributed by atoms with E-state index in [1.165, 1.54) is 19.3 Å². The van der Waals surface area contributed by atoms with Crippen molar-refractivity contribution in [1.82, 2.24) is 4.90 Å². The molecule has 1 N–H and O–H groups in total. The van der Waals surface area contributed by atoms with Gasteiger partial charge in [-0.05, 0) is 69.1 Å². The lowest BCUT2D eigenvalue weighted by Crippen LogP contribution is -2.60. The quantitative estimate of drug-likeness (QED) is 0.868. The Labute approximate surface area is 129 Å². The van der Waals surface area contributed by atoms with Crippen LogP contribution in [0.2, 0.25) is 0 Å². The van der Waals surface area contributed by atoms with Gasteiger partial charge in [-0.25, -0.2) is 0 Å². The van der Waals surface area contributed by atoms with Crippen molar-refractivity contribution >= 4 is 5.91 Å². The van der Waals surface area contributed by atoms with Gasteiger partial charge in [0.05, 0.1) is 11.0 Å². The van der Waals surface area contributed by atoms with Crippen LogP contribution in [0.4, 0.5) is 0 Å². The van der Waals surface area contributed by atoms with Crippen LogP contribution in [-0.2, 0) is 4.79 Å². The lowest BCUT2D eigenvalue weighted by atomic mass is 9.40. The molecule has 1 amide bonds. The fourth-order valence-corrected chi connectivity index (χ4v) is 6.74. The Balaban J connectivity index is 1.86. The van der Waals surface area contributed by atoms with E-state index in [0.717, 1.165) is 25.2 Å². The number of nitrogens with zero attached hydrogens (tertiary/aromatic N) is 1. The van der Waals surface area contributed by atoms with Crippen molar-refractivity contribution in [2.24, 2.45) is 22.2 Å². The molecule has 0 heterocycles. The van der Waals surface area contributed by atoms with E-state index in [9.17, 15) is 9.90 Å². The fourth-order valence-electron chi connectivity index (χ4n) is 6.74. The average molecular weight is 293 g/mol. The van der Waals surface area contributed by atoms with Gasteiger partial charge in [-0.15, -0.1) is 0 Å². The Morgan fingerprint density at radius 3 is 2.10 bits per heavy atom. The first-order valence-electron chi connectivity index (χ1n) is 8.43. The van der Waals surface area contributed by atoms with Crippen LogP contribution < -0.4 is 0 Å². The molecule has 21 heavy (non-hydrogen) atoms. The maximum atomic E-state index is 13.2. The van der Waals surface area contributed by atoms with E-state index >= 15 is 0 Å². The highest BCUT2D eigenvalue weighted by molar-refractivity contribution is 5.83. The van der Waals surface area contributed by atoms with Crippen molar-refractivity contribution < 1.29 is 9.90 Å². The Kier molecular flexibility index (Phi) is 3.10. The van der Waals surface area contributed by atoms with Crippen LogP contribution in [0.1, 0.15) is 66.2 Å². The number of amides is 1. The van der Waals surface area contributed by atoms with Crippen molar-refractivity contribution in [3.63, 3.8) is 0 Å². The first-order chi connectivity index (χ1) is 9.45. The van der Waals surface area contributed by atoms with Crippen LogP contribution in [0.3, 0.4) is 0 Å². The summed E-state index contributed by atoms with van der Waals surface area (Å²) in [6.45, 7) is 8.77. The van der Waals surface area contributed by atoms with E-state index in [2.05, 4.69) is 13.8 Å². The molecule has 0 aliphatic heterocycles. The first kappa shape index (κ1) is 15.3. The van der Waals surface area contributed by atoms with Gasteiger partial charge < -0.3 is 10.0 Å². The molecule has 4 aliphatic carbocycles. The summed E-state index contributed by atoms with van der Waals surface area (Å²) in [7, 11) is 1.86. The maximum absolute atomic E-state index is 13.2. The van der Waals surface area contributed by atoms with E-state index in [1.54, 1.807) is 18.7 Å². The third-order valence-electron chi connectivity index (χ3n) is 6.05. The van der Waals surface area contributed by atoms with Crippen molar-refractivity contribution in [3.05, 3.63) is 0 Å². The van der Waals surface area contributed by atoms with Gasteiger partial charge in [0.25, 0.3) is 0 Å². The molecule has 0 radical (unpaired) electrons. The maximum Gasteiger partial charge on any atom is 0.228 e. The molecule has 0 aromatic heterocycles. The number of rotatable bonds is 3. The molecule has 4 rings (SSSR count). The van der Waals surface area contributed by atoms with Gasteiger partial charge in [-0.2, -0.15) is 0 Å². The molecular weight excluding hydrogens is 262 g/mol. The summed E-state index contributed by atoms with van der Waals surface area (Å²) in [4.78, 5) is 15.0. The topological polar surface area (TPSA) is 40.5 Å². The van der Waals surface area contributed by atoms with Crippen LogP contribution >= 0.6 is 0 Å². The van der Waals surface area contributed by atoms with E-state index in [-0.39, 0.29) is 11.3 Å². The zero-order chi connectivity index (χ0) is 15.7. The lowest BCUT2D eigenvalue weighted by molar-refractivity contribution is -0.180. The summed E-state index contributed by atoms with van der Waals surface area (Å²) in [5.41, 5.74) is -0.248. The minimum Gasteiger partial charge on any atom is -0.389 e. The Bertz CT molecular complexity index is 446. The number of hydrogen-bond donors (Lipinski definition) is 1. The minimum atomic E-state index is -0.819. The van der Waals surface area contributed by atoms with Crippen LogP contribution in [-0.4, -0.2) is 35.1 Å². The smallest absolute Gasteiger partial charge is 0.228 e. The van der Waals surface area contributed by atoms with Crippen molar-refractivity contribution in [3.8, 4) is 0 Å². The second kappa shape index (κ2) is 4.24. The molecule has 0 aromatic rings. The highest BCUT2D eigenvalue weighted by Gasteiger charge is 2.63. The highest BCUT2D eigenvalue weighted by atomic mass is 16.3. The van der Waals surface area contributed by atoms with Gasteiger partial charge in [0.15, 0.2) is 0 Å². The second-order valence-electron chi connectivity index (χ2n) is 9.88. The number of likely N-dealkylation sites (N-methyl/N-ethyl adjacent to an activating group) is 1. The van der Waals surface area contributed by atoms with Crippen LogP contribution in [0.5, 0.6) is 0 Å². The lowest BCUT2D eigenvalue weighted by Gasteiger charge is -2.65. The van der Waals surface area contributed by atoms with Crippen LogP contribution in [0, 0.1) is 22.2 Å². The Hall–Kier alpha value is -0.570. The van der Waals surface area contributed by atoms with Gasteiger partial charge >= 0.3 is 0 Å². The van der Waals surface area contributed by atoms with Crippen molar-refractivity contribution in [2.45, 2.75) is 71.8 Å². The summed E-state index contributed by atoms with van der Waals surface area (Å²) >= 11 is 0. The van der Waals surface area contributed by atoms with Gasteiger partial charge in [0.2, 0.25) is 5.91 Å². The predicted molar refractivity (Wildman–Crippen MR) is 83.8 cm³/mol. The molecule has 4 aliphatic rings. The third-order valence-corrected chi connectivity index (χ3v) is 6.05. The molecule has 2 atom stereocenters. The molecule has 3 nitrogen and oxygen atoms in total. The molecule has 0 spiro atoms. The number of aliphatic hydroxyl groups is 1. The van der Waals surface area contributed by atoms with Gasteiger partial charge in [-0.3, -0.25) is 4.79 Å². The molecular formula is C18H31NO2. The normalized spacial score (nSPS) is 45.0. The van der Waals surface area contributed by atoms with E-state index in [0.29, 0.717) is 17.4 Å². The fraction of sp³-hybridized carbons (Fsp3) is 0.944. The summed E-state index contributed by atoms with van der Waals surface area (Å²) < 4.78 is 0. The molecule has 0 saturated heterocycles. The Morgan fingerprint density at radius 1 is 1.14 bits per heavy atom. The Morgan fingerprint density at radius 2 is 1.67 bits per heavy atom. The highest BCUT2D eigenvalue weighted by Crippen LogP contribution is 2.69. The molecule has 0 aromatic carbocycles. The van der Waals surface area contributed by atoms with Gasteiger partial charge in [0, 0.05) is 13.6 Å². The largest absolute Gasteiger partial charge is 0.389 e. The molecule has 4 bridgehead atoms. The zero-order valence-electron chi connectivity index (χ0n) is 14.3. The van der Waals surface area contributed by atoms with E-state index < -0.39 is 5.60 Å². The summed E-state index contributed by atoms with van der Waals surface area (Å²) in [6.07, 6.45) is 7.11. The van der Waals surface area contributed by atoms with Gasteiger partial charge in [0.1, 0.15) is 0 Å². The van der Waals surface area contributed by atoms with Crippen molar-refractivity contribution in [1.29, 1.82) is 0 Å². The van der Waals surface area contributed by atoms with Crippen LogP contribution in [0.15, 0.2) is 0 Å². The molecule has 2 unspecified atom stereocenters. The molecule has 4 saturated carbocycles. The van der Waals surface area contributed by atoms with E-state index in [4.69, 9.17) is 0 Å². The average Bonchev–Trinajstić information content (AvgIpc) is 2.20. The summed E-state index contributed by atoms with van der Waals surface area (Å²) in [6, 6.07) is 0. The standard InChI is InChI=1S/C18H31NO2/c1-15(2,21)12-19(5)14(20)18-8-13-6-16(3,10-18)9-17(4,7-13)11-18/h13,21H,6-12H2,1-5H3. The van der Waals surface area contributed by atoms with E-state index in [1.807, 2.05) is 7.05 Å². The summed E-state index contributed by atoms with van der Waals surface area (Å²) in [5, 5.41) is 10.0. The zero-order valence-corrected chi connectivity index (χ0v) is 14.3. The predicted octanol–water partition coefficient (Wildman–Crippen LogP) is 3.21. The number of carbonyl (C=O) groups is 1. The monoisotopic (exact) mass is 293 g/mol. The van der Waals surface area contributed by atoms with Gasteiger partial charge in [-0.1, -0.05) is 13.8 Å².